The zero-order chi connectivity index (χ0) is 19.8. The summed E-state index contributed by atoms with van der Waals surface area (Å²) in [5.74, 6) is 1.30. The van der Waals surface area contributed by atoms with E-state index in [2.05, 4.69) is 10.6 Å². The van der Waals surface area contributed by atoms with E-state index in [0.717, 1.165) is 0 Å². The fourth-order valence-electron chi connectivity index (χ4n) is 2.20. The van der Waals surface area contributed by atoms with Crippen LogP contribution in [0.4, 0.5) is 5.69 Å². The number of carbonyl (C=O) groups is 2. The van der Waals surface area contributed by atoms with Crippen LogP contribution < -0.4 is 25.8 Å². The summed E-state index contributed by atoms with van der Waals surface area (Å²) >= 11 is 0. The lowest BCUT2D eigenvalue weighted by Gasteiger charge is -2.15. The van der Waals surface area contributed by atoms with E-state index >= 15 is 0 Å². The van der Waals surface area contributed by atoms with Gasteiger partial charge < -0.3 is 25.8 Å². The summed E-state index contributed by atoms with van der Waals surface area (Å²) in [4.78, 5) is 23.7. The van der Waals surface area contributed by atoms with Crippen LogP contribution in [0.5, 0.6) is 17.2 Å². The molecular weight excluding hydrogens is 382 g/mol. The summed E-state index contributed by atoms with van der Waals surface area (Å²) < 4.78 is 10.9. The number of nitrogens with two attached hydrogens (primary N) is 1. The Bertz CT molecular complexity index is 781. The number of hydrogen-bond donors (Lipinski definition) is 3. The molecule has 0 aliphatic heterocycles. The fraction of sp³-hybridized carbons (Fsp3) is 0.300. The molecule has 0 aromatic heterocycles. The molecule has 7 nitrogen and oxygen atoms in total. The number of benzene rings is 2. The lowest BCUT2D eigenvalue weighted by molar-refractivity contribution is -0.125. The topological polar surface area (TPSA) is 103 Å². The van der Waals surface area contributed by atoms with Gasteiger partial charge in [-0.05, 0) is 42.3 Å². The first-order valence-electron chi connectivity index (χ1n) is 8.64. The maximum atomic E-state index is 11.9. The molecule has 0 bridgehead atoms. The SMILES string of the molecule is COc1cccc(Oc2ccc(NC(=O)CNC(=O)[C@@H](N)C(C)C)cc2)c1.Cl. The minimum absolute atomic E-state index is 0. The molecule has 0 spiro atoms. The van der Waals surface area contributed by atoms with Crippen molar-refractivity contribution in [2.45, 2.75) is 19.9 Å². The molecule has 0 unspecified atom stereocenters. The van der Waals surface area contributed by atoms with Crippen LogP contribution in [0.2, 0.25) is 0 Å². The molecule has 152 valence electrons. The number of hydrogen-bond acceptors (Lipinski definition) is 5. The molecule has 0 radical (unpaired) electrons. The van der Waals surface area contributed by atoms with E-state index in [9.17, 15) is 9.59 Å². The van der Waals surface area contributed by atoms with Crippen molar-refractivity contribution in [1.82, 2.24) is 5.32 Å². The molecule has 2 rings (SSSR count). The summed E-state index contributed by atoms with van der Waals surface area (Å²) in [7, 11) is 1.59. The van der Waals surface area contributed by atoms with Gasteiger partial charge in [0, 0.05) is 11.8 Å². The first kappa shape index (κ1) is 23.3. The van der Waals surface area contributed by atoms with Crippen LogP contribution >= 0.6 is 12.4 Å². The van der Waals surface area contributed by atoms with Gasteiger partial charge in [0.2, 0.25) is 11.8 Å². The summed E-state index contributed by atoms with van der Waals surface area (Å²) in [6.45, 7) is 3.56. The zero-order valence-electron chi connectivity index (χ0n) is 16.1. The smallest absolute Gasteiger partial charge is 0.243 e. The number of amides is 2. The Balaban J connectivity index is 0.00000392. The molecule has 0 aliphatic rings. The van der Waals surface area contributed by atoms with E-state index in [1.54, 1.807) is 37.4 Å². The van der Waals surface area contributed by atoms with Crippen molar-refractivity contribution < 1.29 is 19.1 Å². The molecule has 0 aliphatic carbocycles. The molecular formula is C20H26ClN3O4. The number of halogens is 1. The highest BCUT2D eigenvalue weighted by atomic mass is 35.5. The second-order valence-electron chi connectivity index (χ2n) is 6.34. The first-order valence-corrected chi connectivity index (χ1v) is 8.64. The molecule has 4 N–H and O–H groups in total. The van der Waals surface area contributed by atoms with Crippen LogP contribution in [0.3, 0.4) is 0 Å². The monoisotopic (exact) mass is 407 g/mol. The minimum Gasteiger partial charge on any atom is -0.497 e. The Morgan fingerprint density at radius 2 is 1.68 bits per heavy atom. The van der Waals surface area contributed by atoms with E-state index in [0.29, 0.717) is 22.9 Å². The lowest BCUT2D eigenvalue weighted by Crippen LogP contribution is -2.46. The van der Waals surface area contributed by atoms with Gasteiger partial charge in [0.05, 0.1) is 19.7 Å². The predicted molar refractivity (Wildman–Crippen MR) is 111 cm³/mol. The number of nitrogens with one attached hydrogen (secondary N) is 2. The van der Waals surface area contributed by atoms with Gasteiger partial charge in [0.15, 0.2) is 0 Å². The minimum atomic E-state index is -0.633. The van der Waals surface area contributed by atoms with Crippen molar-refractivity contribution in [1.29, 1.82) is 0 Å². The van der Waals surface area contributed by atoms with Crippen molar-refractivity contribution in [3.05, 3.63) is 48.5 Å². The Morgan fingerprint density at radius 3 is 2.29 bits per heavy atom. The van der Waals surface area contributed by atoms with Crippen molar-refractivity contribution in [3.63, 3.8) is 0 Å². The van der Waals surface area contributed by atoms with Gasteiger partial charge in [0.25, 0.3) is 0 Å². The van der Waals surface area contributed by atoms with Gasteiger partial charge in [-0.15, -0.1) is 12.4 Å². The van der Waals surface area contributed by atoms with Gasteiger partial charge in [-0.3, -0.25) is 9.59 Å². The van der Waals surface area contributed by atoms with Crippen LogP contribution in [0.1, 0.15) is 13.8 Å². The molecule has 28 heavy (non-hydrogen) atoms. The van der Waals surface area contributed by atoms with E-state index < -0.39 is 6.04 Å². The fourth-order valence-corrected chi connectivity index (χ4v) is 2.20. The molecule has 0 fully saturated rings. The Hall–Kier alpha value is -2.77. The Kier molecular flexibility index (Phi) is 9.27. The van der Waals surface area contributed by atoms with Crippen LogP contribution in [-0.4, -0.2) is 31.5 Å². The third kappa shape index (κ3) is 7.09. The van der Waals surface area contributed by atoms with Crippen LogP contribution in [-0.2, 0) is 9.59 Å². The quantitative estimate of drug-likeness (QED) is 0.624. The third-order valence-electron chi connectivity index (χ3n) is 3.86. The normalized spacial score (nSPS) is 11.2. The number of ether oxygens (including phenoxy) is 2. The van der Waals surface area contributed by atoms with E-state index in [1.807, 2.05) is 32.0 Å². The van der Waals surface area contributed by atoms with Crippen LogP contribution in [0.15, 0.2) is 48.5 Å². The van der Waals surface area contributed by atoms with Crippen molar-refractivity contribution >= 4 is 29.9 Å². The molecule has 0 heterocycles. The average molecular weight is 408 g/mol. The molecule has 2 amide bonds. The van der Waals surface area contributed by atoms with E-state index in [4.69, 9.17) is 15.2 Å². The summed E-state index contributed by atoms with van der Waals surface area (Å²) in [6.07, 6.45) is 0. The molecule has 1 atom stereocenters. The summed E-state index contributed by atoms with van der Waals surface area (Å²) in [5.41, 5.74) is 6.33. The number of carbonyl (C=O) groups excluding carboxylic acids is 2. The highest BCUT2D eigenvalue weighted by Crippen LogP contribution is 2.26. The van der Waals surface area contributed by atoms with Gasteiger partial charge >= 0.3 is 0 Å². The van der Waals surface area contributed by atoms with Gasteiger partial charge in [-0.1, -0.05) is 19.9 Å². The van der Waals surface area contributed by atoms with Gasteiger partial charge in [0.1, 0.15) is 17.2 Å². The molecule has 2 aromatic carbocycles. The highest BCUT2D eigenvalue weighted by molar-refractivity contribution is 5.95. The standard InChI is InChI=1S/C20H25N3O4.ClH/c1-13(2)19(21)20(25)22-12-18(24)23-14-7-9-15(10-8-14)27-17-6-4-5-16(11-17)26-3;/h4-11,13,19H,12,21H2,1-3H3,(H,22,25)(H,23,24);1H/t19-;/m0./s1. The first-order chi connectivity index (χ1) is 12.9. The third-order valence-corrected chi connectivity index (χ3v) is 3.86. The largest absolute Gasteiger partial charge is 0.497 e. The molecule has 0 saturated heterocycles. The van der Waals surface area contributed by atoms with Gasteiger partial charge in [-0.25, -0.2) is 0 Å². The summed E-state index contributed by atoms with van der Waals surface area (Å²) in [5, 5.41) is 5.23. The molecule has 2 aromatic rings. The van der Waals surface area contributed by atoms with E-state index in [1.165, 1.54) is 0 Å². The second kappa shape index (κ2) is 11.2. The van der Waals surface area contributed by atoms with E-state index in [-0.39, 0.29) is 36.7 Å². The van der Waals surface area contributed by atoms with Crippen LogP contribution in [0, 0.1) is 5.92 Å². The Morgan fingerprint density at radius 1 is 1.04 bits per heavy atom. The maximum Gasteiger partial charge on any atom is 0.243 e. The maximum absolute atomic E-state index is 11.9. The summed E-state index contributed by atoms with van der Waals surface area (Å²) in [6, 6.07) is 13.5. The second-order valence-corrected chi connectivity index (χ2v) is 6.34. The highest BCUT2D eigenvalue weighted by Gasteiger charge is 2.17. The Labute approximate surface area is 171 Å². The zero-order valence-corrected chi connectivity index (χ0v) is 16.9. The number of methoxy groups -OCH3 is 1. The van der Waals surface area contributed by atoms with Crippen molar-refractivity contribution in [2.75, 3.05) is 19.0 Å². The molecule has 8 heteroatoms. The lowest BCUT2D eigenvalue weighted by atomic mass is 10.1. The van der Waals surface area contributed by atoms with Crippen LogP contribution in [0.25, 0.3) is 0 Å². The van der Waals surface area contributed by atoms with Gasteiger partial charge in [-0.2, -0.15) is 0 Å². The number of anilines is 1. The van der Waals surface area contributed by atoms with Crippen molar-refractivity contribution in [2.24, 2.45) is 11.7 Å². The predicted octanol–water partition coefficient (Wildman–Crippen LogP) is 2.95. The molecule has 0 saturated carbocycles. The average Bonchev–Trinajstić information content (AvgIpc) is 2.67. The van der Waals surface area contributed by atoms with Crippen molar-refractivity contribution in [3.8, 4) is 17.2 Å². The number of rotatable bonds is 8.